The van der Waals surface area contributed by atoms with E-state index in [1.165, 1.54) is 17.7 Å². The summed E-state index contributed by atoms with van der Waals surface area (Å²) in [5.41, 5.74) is 8.08. The molecule has 0 radical (unpaired) electrons. The number of aryl methyl sites for hydroxylation is 1. The second kappa shape index (κ2) is 3.53. The average molecular weight is 192 g/mol. The second-order valence-electron chi connectivity index (χ2n) is 3.84. The highest BCUT2D eigenvalue weighted by Crippen LogP contribution is 2.27. The molecule has 0 aliphatic heterocycles. The molecule has 1 aliphatic carbocycles. The molecule has 0 saturated carbocycles. The summed E-state index contributed by atoms with van der Waals surface area (Å²) in [6.45, 7) is 0.425. The third-order valence-electron chi connectivity index (χ3n) is 2.56. The monoisotopic (exact) mass is 192 g/mol. The lowest BCUT2D eigenvalue weighted by atomic mass is 10.2. The van der Waals surface area contributed by atoms with Crippen molar-refractivity contribution < 1.29 is 0 Å². The molecule has 14 heavy (non-hydrogen) atoms. The van der Waals surface area contributed by atoms with Crippen molar-refractivity contribution in [3.05, 3.63) is 17.1 Å². The van der Waals surface area contributed by atoms with Gasteiger partial charge in [0.05, 0.1) is 6.54 Å². The number of rotatable bonds is 2. The van der Waals surface area contributed by atoms with E-state index < -0.39 is 0 Å². The van der Waals surface area contributed by atoms with Crippen LogP contribution in [0.4, 0.5) is 5.82 Å². The van der Waals surface area contributed by atoms with Crippen LogP contribution in [0.5, 0.6) is 0 Å². The normalized spacial score (nSPS) is 14.2. The standard InChI is InChI=1S/C10H16N4/c1-14(2)10-7-4-3-5-8(7)12-9(6-11)13-10/h3-6,11H2,1-2H3. The average Bonchev–Trinajstić information content (AvgIpc) is 2.63. The lowest BCUT2D eigenvalue weighted by molar-refractivity contribution is 0.857. The zero-order valence-corrected chi connectivity index (χ0v) is 8.75. The third kappa shape index (κ3) is 1.46. The van der Waals surface area contributed by atoms with E-state index in [2.05, 4.69) is 9.97 Å². The summed E-state index contributed by atoms with van der Waals surface area (Å²) >= 11 is 0. The van der Waals surface area contributed by atoms with Crippen molar-refractivity contribution in [3.63, 3.8) is 0 Å². The molecule has 1 aromatic rings. The molecule has 1 aromatic heterocycles. The van der Waals surface area contributed by atoms with Gasteiger partial charge in [-0.25, -0.2) is 9.97 Å². The summed E-state index contributed by atoms with van der Waals surface area (Å²) in [4.78, 5) is 11.0. The van der Waals surface area contributed by atoms with E-state index in [1.807, 2.05) is 19.0 Å². The number of fused-ring (bicyclic) bond motifs is 1. The molecule has 0 fully saturated rings. The van der Waals surface area contributed by atoms with Gasteiger partial charge in [0.2, 0.25) is 0 Å². The minimum absolute atomic E-state index is 0.425. The summed E-state index contributed by atoms with van der Waals surface area (Å²) in [6, 6.07) is 0. The highest BCUT2D eigenvalue weighted by atomic mass is 15.2. The predicted octanol–water partition coefficient (Wildman–Crippen LogP) is 0.490. The molecule has 0 spiro atoms. The van der Waals surface area contributed by atoms with Gasteiger partial charge in [0.1, 0.15) is 11.6 Å². The Balaban J connectivity index is 2.52. The van der Waals surface area contributed by atoms with E-state index in [-0.39, 0.29) is 0 Å². The molecular weight excluding hydrogens is 176 g/mol. The van der Waals surface area contributed by atoms with Crippen LogP contribution >= 0.6 is 0 Å². The van der Waals surface area contributed by atoms with Gasteiger partial charge in [-0.1, -0.05) is 0 Å². The Morgan fingerprint density at radius 3 is 2.71 bits per heavy atom. The van der Waals surface area contributed by atoms with E-state index in [9.17, 15) is 0 Å². The van der Waals surface area contributed by atoms with Crippen LogP contribution in [-0.2, 0) is 19.4 Å². The number of hydrogen-bond acceptors (Lipinski definition) is 4. The van der Waals surface area contributed by atoms with Crippen molar-refractivity contribution in [2.75, 3.05) is 19.0 Å². The lowest BCUT2D eigenvalue weighted by Gasteiger charge is -2.16. The minimum Gasteiger partial charge on any atom is -0.362 e. The van der Waals surface area contributed by atoms with Crippen LogP contribution in [-0.4, -0.2) is 24.1 Å². The van der Waals surface area contributed by atoms with Crippen molar-refractivity contribution in [1.29, 1.82) is 0 Å². The first-order chi connectivity index (χ1) is 6.72. The van der Waals surface area contributed by atoms with E-state index in [0.717, 1.165) is 24.5 Å². The highest BCUT2D eigenvalue weighted by Gasteiger charge is 2.19. The van der Waals surface area contributed by atoms with Gasteiger partial charge in [0.25, 0.3) is 0 Å². The van der Waals surface area contributed by atoms with Gasteiger partial charge in [-0.05, 0) is 19.3 Å². The molecular formula is C10H16N4. The Hall–Kier alpha value is -1.16. The summed E-state index contributed by atoms with van der Waals surface area (Å²) < 4.78 is 0. The van der Waals surface area contributed by atoms with Gasteiger partial charge < -0.3 is 10.6 Å². The van der Waals surface area contributed by atoms with Gasteiger partial charge >= 0.3 is 0 Å². The van der Waals surface area contributed by atoms with Crippen LogP contribution < -0.4 is 10.6 Å². The molecule has 0 bridgehead atoms. The fourth-order valence-electron chi connectivity index (χ4n) is 1.92. The van der Waals surface area contributed by atoms with Crippen LogP contribution in [0.3, 0.4) is 0 Å². The predicted molar refractivity (Wildman–Crippen MR) is 56.3 cm³/mol. The first kappa shape index (κ1) is 9.40. The highest BCUT2D eigenvalue weighted by molar-refractivity contribution is 5.49. The molecule has 0 aromatic carbocycles. The van der Waals surface area contributed by atoms with Crippen LogP contribution in [0.15, 0.2) is 0 Å². The third-order valence-corrected chi connectivity index (χ3v) is 2.56. The Kier molecular flexibility index (Phi) is 2.37. The molecule has 0 unspecified atom stereocenters. The SMILES string of the molecule is CN(C)c1nc(CN)nc2c1CCC2. The topological polar surface area (TPSA) is 55.0 Å². The van der Waals surface area contributed by atoms with Crippen LogP contribution in [0.2, 0.25) is 0 Å². The quantitative estimate of drug-likeness (QED) is 0.741. The minimum atomic E-state index is 0.425. The van der Waals surface area contributed by atoms with Crippen molar-refractivity contribution in [1.82, 2.24) is 9.97 Å². The first-order valence-corrected chi connectivity index (χ1v) is 4.98. The maximum atomic E-state index is 5.57. The van der Waals surface area contributed by atoms with Crippen molar-refractivity contribution in [2.24, 2.45) is 5.73 Å². The molecule has 4 nitrogen and oxygen atoms in total. The molecule has 0 saturated heterocycles. The lowest BCUT2D eigenvalue weighted by Crippen LogP contribution is -2.17. The van der Waals surface area contributed by atoms with Gasteiger partial charge in [-0.2, -0.15) is 0 Å². The van der Waals surface area contributed by atoms with E-state index in [4.69, 9.17) is 5.73 Å². The molecule has 0 amide bonds. The molecule has 4 heteroatoms. The zero-order chi connectivity index (χ0) is 10.1. The maximum Gasteiger partial charge on any atom is 0.144 e. The second-order valence-corrected chi connectivity index (χ2v) is 3.84. The largest absolute Gasteiger partial charge is 0.362 e. The van der Waals surface area contributed by atoms with Gasteiger partial charge in [-0.3, -0.25) is 0 Å². The van der Waals surface area contributed by atoms with Gasteiger partial charge in [0, 0.05) is 25.4 Å². The molecule has 2 rings (SSSR count). The fraction of sp³-hybridized carbons (Fsp3) is 0.600. The molecule has 1 heterocycles. The Labute approximate surface area is 84.2 Å². The van der Waals surface area contributed by atoms with Crippen molar-refractivity contribution in [3.8, 4) is 0 Å². The van der Waals surface area contributed by atoms with Crippen LogP contribution in [0.1, 0.15) is 23.5 Å². The number of hydrogen-bond donors (Lipinski definition) is 1. The first-order valence-electron chi connectivity index (χ1n) is 4.98. The molecule has 76 valence electrons. The number of anilines is 1. The van der Waals surface area contributed by atoms with Crippen molar-refractivity contribution >= 4 is 5.82 Å². The Morgan fingerprint density at radius 1 is 1.29 bits per heavy atom. The maximum absolute atomic E-state index is 5.57. The van der Waals surface area contributed by atoms with Crippen molar-refractivity contribution in [2.45, 2.75) is 25.8 Å². The number of aromatic nitrogens is 2. The van der Waals surface area contributed by atoms with Gasteiger partial charge in [-0.15, -0.1) is 0 Å². The van der Waals surface area contributed by atoms with Gasteiger partial charge in [0.15, 0.2) is 0 Å². The van der Waals surface area contributed by atoms with E-state index >= 15 is 0 Å². The molecule has 2 N–H and O–H groups in total. The Morgan fingerprint density at radius 2 is 2.07 bits per heavy atom. The van der Waals surface area contributed by atoms with E-state index in [1.54, 1.807) is 0 Å². The van der Waals surface area contributed by atoms with Crippen LogP contribution in [0, 0.1) is 0 Å². The summed E-state index contributed by atoms with van der Waals surface area (Å²) in [7, 11) is 4.03. The number of nitrogens with two attached hydrogens (primary N) is 1. The summed E-state index contributed by atoms with van der Waals surface area (Å²) in [5.74, 6) is 1.81. The van der Waals surface area contributed by atoms with E-state index in [0.29, 0.717) is 6.54 Å². The van der Waals surface area contributed by atoms with Crippen LogP contribution in [0.25, 0.3) is 0 Å². The summed E-state index contributed by atoms with van der Waals surface area (Å²) in [5, 5.41) is 0. The molecule has 0 atom stereocenters. The summed E-state index contributed by atoms with van der Waals surface area (Å²) in [6.07, 6.45) is 3.37. The zero-order valence-electron chi connectivity index (χ0n) is 8.75. The fourth-order valence-corrected chi connectivity index (χ4v) is 1.92. The molecule has 1 aliphatic rings. The number of nitrogens with zero attached hydrogens (tertiary/aromatic N) is 3. The Bertz CT molecular complexity index is 346. The smallest absolute Gasteiger partial charge is 0.144 e.